The first-order valence-corrected chi connectivity index (χ1v) is 12.5. The first kappa shape index (κ1) is 25.4. The van der Waals surface area contributed by atoms with E-state index in [1.54, 1.807) is 43.3 Å². The van der Waals surface area contributed by atoms with Crippen LogP contribution in [0.25, 0.3) is 17.5 Å². The number of benzene rings is 2. The molecule has 1 atom stereocenters. The lowest BCUT2D eigenvalue weighted by Crippen LogP contribution is -2.40. The number of fused-ring (bicyclic) bond motifs is 1. The molecule has 0 spiro atoms. The fourth-order valence-electron chi connectivity index (χ4n) is 3.76. The van der Waals surface area contributed by atoms with E-state index < -0.39 is 17.4 Å². The standard InChI is InChI=1S/C24H15Cl4N3O3S/c1-2-34-24(33)20-19(14-6-5-13(26)9-17(14)28)15(10-29)21(30)31-22(32)18(35-23(20)31)7-11-3-4-12(25)8-16(11)27/h3-9,19H,2,30H2,1H3. The Morgan fingerprint density at radius 3 is 2.43 bits per heavy atom. The van der Waals surface area contributed by atoms with Gasteiger partial charge in [0, 0.05) is 20.1 Å². The second-order valence-corrected chi connectivity index (χ2v) is 10.1. The first-order chi connectivity index (χ1) is 16.7. The van der Waals surface area contributed by atoms with E-state index in [1.165, 1.54) is 6.07 Å². The van der Waals surface area contributed by atoms with Gasteiger partial charge in [-0.1, -0.05) is 58.5 Å². The number of nitrogens with zero attached hydrogens (tertiary/aromatic N) is 2. The van der Waals surface area contributed by atoms with E-state index in [9.17, 15) is 14.9 Å². The van der Waals surface area contributed by atoms with Crippen molar-refractivity contribution < 1.29 is 9.53 Å². The van der Waals surface area contributed by atoms with Crippen molar-refractivity contribution in [2.45, 2.75) is 12.8 Å². The Morgan fingerprint density at radius 2 is 1.83 bits per heavy atom. The van der Waals surface area contributed by atoms with Gasteiger partial charge in [0.2, 0.25) is 0 Å². The smallest absolute Gasteiger partial charge is 0.338 e. The highest BCUT2D eigenvalue weighted by Gasteiger charge is 2.37. The van der Waals surface area contributed by atoms with E-state index in [2.05, 4.69) is 0 Å². The first-order valence-electron chi connectivity index (χ1n) is 10.1. The van der Waals surface area contributed by atoms with Crippen molar-refractivity contribution in [1.82, 2.24) is 4.57 Å². The average molecular weight is 567 g/mol. The van der Waals surface area contributed by atoms with Crippen LogP contribution < -0.4 is 20.5 Å². The summed E-state index contributed by atoms with van der Waals surface area (Å²) in [4.78, 5) is 26.6. The Hall–Kier alpha value is -2.73. The number of hydrogen-bond acceptors (Lipinski definition) is 6. The van der Waals surface area contributed by atoms with Crippen LogP contribution in [0.5, 0.6) is 0 Å². The number of thiazole rings is 1. The number of allylic oxidation sites excluding steroid dienone is 1. The number of halogens is 4. The molecule has 1 unspecified atom stereocenters. The van der Waals surface area contributed by atoms with Gasteiger partial charge in [0.25, 0.3) is 5.56 Å². The Bertz CT molecular complexity index is 1630. The molecule has 1 aliphatic heterocycles. The second-order valence-electron chi connectivity index (χ2n) is 7.37. The van der Waals surface area contributed by atoms with Crippen molar-refractivity contribution >= 4 is 81.2 Å². The lowest BCUT2D eigenvalue weighted by atomic mass is 9.84. The van der Waals surface area contributed by atoms with Crippen molar-refractivity contribution in [3.05, 3.63) is 92.7 Å². The maximum absolute atomic E-state index is 13.4. The number of carbonyl (C=O) groups excluding carboxylic acids is 1. The summed E-state index contributed by atoms with van der Waals surface area (Å²) in [5.41, 5.74) is 6.86. The highest BCUT2D eigenvalue weighted by molar-refractivity contribution is 7.07. The minimum atomic E-state index is -0.964. The van der Waals surface area contributed by atoms with E-state index in [0.29, 0.717) is 26.2 Å². The zero-order valence-electron chi connectivity index (χ0n) is 17.9. The van der Waals surface area contributed by atoms with Crippen molar-refractivity contribution in [1.29, 1.82) is 5.26 Å². The van der Waals surface area contributed by atoms with E-state index in [0.717, 1.165) is 15.9 Å². The molecule has 1 aliphatic rings. The summed E-state index contributed by atoms with van der Waals surface area (Å²) >= 11 is 25.8. The number of nitriles is 1. The molecule has 1 aromatic heterocycles. The molecule has 0 amide bonds. The van der Waals surface area contributed by atoms with Gasteiger partial charge in [-0.15, -0.1) is 11.3 Å². The molecule has 0 radical (unpaired) electrons. The molecule has 2 heterocycles. The van der Waals surface area contributed by atoms with Gasteiger partial charge >= 0.3 is 5.97 Å². The fourth-order valence-corrected chi connectivity index (χ4v) is 5.90. The van der Waals surface area contributed by atoms with Crippen LogP contribution in [-0.2, 0) is 9.53 Å². The zero-order chi connectivity index (χ0) is 25.4. The van der Waals surface area contributed by atoms with E-state index in [1.807, 2.05) is 6.07 Å². The van der Waals surface area contributed by atoms with Crippen LogP contribution in [0.2, 0.25) is 20.1 Å². The minimum Gasteiger partial charge on any atom is -0.463 e. The lowest BCUT2D eigenvalue weighted by Gasteiger charge is -2.25. The fraction of sp³-hybridized carbons (Fsp3) is 0.125. The largest absolute Gasteiger partial charge is 0.463 e. The molecule has 0 bridgehead atoms. The topological polar surface area (TPSA) is 98.1 Å². The highest BCUT2D eigenvalue weighted by Crippen LogP contribution is 2.40. The molecule has 2 aromatic carbocycles. The van der Waals surface area contributed by atoms with Crippen molar-refractivity contribution in [3.8, 4) is 6.07 Å². The molecule has 3 aromatic rings. The zero-order valence-corrected chi connectivity index (χ0v) is 21.8. The predicted octanol–water partition coefficient (Wildman–Crippen LogP) is 4.51. The van der Waals surface area contributed by atoms with E-state index in [-0.39, 0.29) is 37.8 Å². The molecule has 178 valence electrons. The number of nitrogens with two attached hydrogens (primary N) is 1. The van der Waals surface area contributed by atoms with Crippen LogP contribution in [0.15, 0.2) is 46.8 Å². The van der Waals surface area contributed by atoms with Crippen molar-refractivity contribution in [3.63, 3.8) is 0 Å². The number of carbonyl (C=O) groups is 1. The molecule has 6 nitrogen and oxygen atoms in total. The van der Waals surface area contributed by atoms with E-state index >= 15 is 0 Å². The third-order valence-electron chi connectivity index (χ3n) is 5.29. The number of esters is 1. The summed E-state index contributed by atoms with van der Waals surface area (Å²) in [6.07, 6.45) is 1.57. The van der Waals surface area contributed by atoms with Gasteiger partial charge in [-0.3, -0.25) is 9.36 Å². The molecule has 11 heteroatoms. The molecule has 0 saturated heterocycles. The van der Waals surface area contributed by atoms with Crippen LogP contribution in [0.1, 0.15) is 24.0 Å². The van der Waals surface area contributed by atoms with Crippen molar-refractivity contribution in [2.75, 3.05) is 6.61 Å². The van der Waals surface area contributed by atoms with Gasteiger partial charge in [-0.25, -0.2) is 4.79 Å². The summed E-state index contributed by atoms with van der Waals surface area (Å²) in [6.45, 7) is 1.74. The third kappa shape index (κ3) is 4.61. The summed E-state index contributed by atoms with van der Waals surface area (Å²) in [5.74, 6) is -1.77. The van der Waals surface area contributed by atoms with Crippen LogP contribution >= 0.6 is 57.7 Å². The Kier molecular flexibility index (Phi) is 7.32. The minimum absolute atomic E-state index is 0.0132. The number of aromatic nitrogens is 1. The highest BCUT2D eigenvalue weighted by atomic mass is 35.5. The van der Waals surface area contributed by atoms with Gasteiger partial charge in [-0.2, -0.15) is 5.26 Å². The maximum atomic E-state index is 13.4. The van der Waals surface area contributed by atoms with Gasteiger partial charge < -0.3 is 10.5 Å². The van der Waals surface area contributed by atoms with Crippen LogP contribution in [0.3, 0.4) is 0 Å². The monoisotopic (exact) mass is 565 g/mol. The average Bonchev–Trinajstić information content (AvgIpc) is 3.11. The third-order valence-corrected chi connectivity index (χ3v) is 7.52. The normalized spacial score (nSPS) is 15.7. The Morgan fingerprint density at radius 1 is 1.17 bits per heavy atom. The quantitative estimate of drug-likeness (QED) is 0.468. The maximum Gasteiger partial charge on any atom is 0.338 e. The van der Waals surface area contributed by atoms with Gasteiger partial charge in [0.1, 0.15) is 10.5 Å². The number of ether oxygens (including phenoxy) is 1. The van der Waals surface area contributed by atoms with Gasteiger partial charge in [-0.05, 0) is 48.4 Å². The number of rotatable bonds is 4. The van der Waals surface area contributed by atoms with Crippen LogP contribution in [0, 0.1) is 11.3 Å². The van der Waals surface area contributed by atoms with E-state index in [4.69, 9.17) is 56.9 Å². The summed E-state index contributed by atoms with van der Waals surface area (Å²) in [7, 11) is 0. The van der Waals surface area contributed by atoms with Gasteiger partial charge in [0.05, 0.1) is 34.3 Å². The summed E-state index contributed by atoms with van der Waals surface area (Å²) < 4.78 is 6.93. The molecule has 4 rings (SSSR count). The molecule has 35 heavy (non-hydrogen) atoms. The SMILES string of the molecule is CCOC(=O)C1=c2sc(=Cc3ccc(Cl)cc3Cl)c(=O)n2C(N)=C(C#N)C1c1ccc(Cl)cc1Cl. The second kappa shape index (κ2) is 10.1. The molecule has 0 fully saturated rings. The Labute approximate surface area is 223 Å². The predicted molar refractivity (Wildman–Crippen MR) is 140 cm³/mol. The van der Waals surface area contributed by atoms with Crippen LogP contribution in [0.4, 0.5) is 0 Å². The number of hydrogen-bond donors (Lipinski definition) is 1. The molecular formula is C24H15Cl4N3O3S. The summed E-state index contributed by atoms with van der Waals surface area (Å²) in [6, 6.07) is 11.6. The molecular weight excluding hydrogens is 552 g/mol. The molecule has 2 N–H and O–H groups in total. The molecule has 0 saturated carbocycles. The van der Waals surface area contributed by atoms with Crippen LogP contribution in [-0.4, -0.2) is 17.1 Å². The van der Waals surface area contributed by atoms with Crippen molar-refractivity contribution in [2.24, 2.45) is 5.73 Å². The lowest BCUT2D eigenvalue weighted by molar-refractivity contribution is -0.136. The van der Waals surface area contributed by atoms with Gasteiger partial charge in [0.15, 0.2) is 0 Å². The Balaban J connectivity index is 2.12. The molecule has 0 aliphatic carbocycles. The summed E-state index contributed by atoms with van der Waals surface area (Å²) in [5, 5.41) is 11.4.